The average molecular weight is 360 g/mol. The van der Waals surface area contributed by atoms with Gasteiger partial charge in [-0.25, -0.2) is 6.57 Å². The van der Waals surface area contributed by atoms with E-state index in [0.717, 1.165) is 23.7 Å². The van der Waals surface area contributed by atoms with Crippen molar-refractivity contribution in [3.05, 3.63) is 11.4 Å². The standard InChI is InChI=1S/C25H45N/c1-4-5-6-7-8-9-10-11-21(2)20-22-12-14-23(15-13-22)24-16-18-25(26-3)19-17-24/h21-25H,4-20H2,1-2H3. The molecule has 1 nitrogen and oxygen atoms in total. The van der Waals surface area contributed by atoms with Crippen LogP contribution in [0.15, 0.2) is 0 Å². The minimum atomic E-state index is 0.357. The first-order valence-corrected chi connectivity index (χ1v) is 12.1. The molecule has 0 aliphatic heterocycles. The summed E-state index contributed by atoms with van der Waals surface area (Å²) in [7, 11) is 0. The van der Waals surface area contributed by atoms with E-state index in [2.05, 4.69) is 18.7 Å². The Morgan fingerprint density at radius 1 is 0.769 bits per heavy atom. The molecule has 0 radical (unpaired) electrons. The van der Waals surface area contributed by atoms with Crippen LogP contribution in [0, 0.1) is 30.2 Å². The molecule has 0 saturated heterocycles. The van der Waals surface area contributed by atoms with Crippen LogP contribution in [-0.2, 0) is 0 Å². The molecule has 2 fully saturated rings. The van der Waals surface area contributed by atoms with Gasteiger partial charge in [-0.2, -0.15) is 0 Å². The van der Waals surface area contributed by atoms with Crippen LogP contribution >= 0.6 is 0 Å². The number of hydrogen-bond acceptors (Lipinski definition) is 0. The van der Waals surface area contributed by atoms with E-state index in [1.165, 1.54) is 109 Å². The van der Waals surface area contributed by atoms with Crippen molar-refractivity contribution in [3.63, 3.8) is 0 Å². The van der Waals surface area contributed by atoms with Gasteiger partial charge in [0, 0.05) is 12.8 Å². The van der Waals surface area contributed by atoms with Crippen molar-refractivity contribution in [3.8, 4) is 0 Å². The van der Waals surface area contributed by atoms with Crippen molar-refractivity contribution in [2.45, 2.75) is 129 Å². The van der Waals surface area contributed by atoms with Gasteiger partial charge in [-0.3, -0.25) is 0 Å². The first-order chi connectivity index (χ1) is 12.7. The molecular weight excluding hydrogens is 314 g/mol. The van der Waals surface area contributed by atoms with Gasteiger partial charge in [-0.15, -0.1) is 0 Å². The Morgan fingerprint density at radius 2 is 1.31 bits per heavy atom. The largest absolute Gasteiger partial charge is 0.314 e. The van der Waals surface area contributed by atoms with E-state index < -0.39 is 0 Å². The Bertz CT molecular complexity index is 379. The topological polar surface area (TPSA) is 4.36 Å². The summed E-state index contributed by atoms with van der Waals surface area (Å²) in [5.74, 6) is 3.92. The van der Waals surface area contributed by atoms with E-state index in [4.69, 9.17) is 6.57 Å². The van der Waals surface area contributed by atoms with Gasteiger partial charge in [0.05, 0.1) is 0 Å². The maximum absolute atomic E-state index is 7.22. The molecular formula is C25H45N. The smallest absolute Gasteiger partial charge is 0.223 e. The van der Waals surface area contributed by atoms with Crippen molar-refractivity contribution in [1.82, 2.24) is 0 Å². The van der Waals surface area contributed by atoms with Gasteiger partial charge in [0.2, 0.25) is 6.04 Å². The lowest BCUT2D eigenvalue weighted by molar-refractivity contribution is 0.153. The monoisotopic (exact) mass is 359 g/mol. The minimum Gasteiger partial charge on any atom is -0.314 e. The van der Waals surface area contributed by atoms with Crippen LogP contribution in [0.25, 0.3) is 4.85 Å². The molecule has 1 heteroatoms. The second-order valence-electron chi connectivity index (χ2n) is 9.73. The minimum absolute atomic E-state index is 0.357. The van der Waals surface area contributed by atoms with Gasteiger partial charge in [0.15, 0.2) is 0 Å². The van der Waals surface area contributed by atoms with Crippen LogP contribution < -0.4 is 0 Å². The third kappa shape index (κ3) is 8.02. The lowest BCUT2D eigenvalue weighted by atomic mass is 9.69. The highest BCUT2D eigenvalue weighted by atomic mass is 14.7. The zero-order chi connectivity index (χ0) is 18.6. The molecule has 0 aromatic heterocycles. The predicted octanol–water partition coefficient (Wildman–Crippen LogP) is 8.44. The van der Waals surface area contributed by atoms with E-state index >= 15 is 0 Å². The number of hydrogen-bond donors (Lipinski definition) is 0. The van der Waals surface area contributed by atoms with Crippen molar-refractivity contribution in [2.24, 2.45) is 23.7 Å². The van der Waals surface area contributed by atoms with Crippen LogP contribution in [0.5, 0.6) is 0 Å². The Morgan fingerprint density at radius 3 is 1.88 bits per heavy atom. The zero-order valence-electron chi connectivity index (χ0n) is 17.9. The van der Waals surface area contributed by atoms with Gasteiger partial charge in [-0.05, 0) is 55.8 Å². The lowest BCUT2D eigenvalue weighted by Crippen LogP contribution is -2.27. The molecule has 0 heterocycles. The average Bonchev–Trinajstić information content (AvgIpc) is 2.68. The summed E-state index contributed by atoms with van der Waals surface area (Å²) in [6, 6.07) is 0.357. The van der Waals surface area contributed by atoms with Gasteiger partial charge in [0.1, 0.15) is 0 Å². The highest BCUT2D eigenvalue weighted by molar-refractivity contribution is 4.88. The molecule has 2 aliphatic rings. The lowest BCUT2D eigenvalue weighted by Gasteiger charge is -2.36. The fourth-order valence-electron chi connectivity index (χ4n) is 5.73. The highest BCUT2D eigenvalue weighted by Gasteiger charge is 2.32. The molecule has 1 unspecified atom stereocenters. The summed E-state index contributed by atoms with van der Waals surface area (Å²) >= 11 is 0. The SMILES string of the molecule is [C-]#[N+]C1CCC(C2CCC(CC(C)CCCCCCCCC)CC2)CC1. The summed E-state index contributed by atoms with van der Waals surface area (Å²) in [6.45, 7) is 12.0. The normalized spacial score (nSPS) is 30.7. The summed E-state index contributed by atoms with van der Waals surface area (Å²) < 4.78 is 0. The van der Waals surface area contributed by atoms with E-state index in [1.54, 1.807) is 0 Å². The molecule has 1 atom stereocenters. The molecule has 0 bridgehead atoms. The Labute approximate surface area is 164 Å². The Balaban J connectivity index is 1.51. The molecule has 0 N–H and O–H groups in total. The van der Waals surface area contributed by atoms with Crippen molar-refractivity contribution >= 4 is 0 Å². The molecule has 2 aliphatic carbocycles. The number of rotatable bonds is 11. The predicted molar refractivity (Wildman–Crippen MR) is 114 cm³/mol. The molecule has 0 aromatic carbocycles. The first kappa shape index (κ1) is 21.8. The third-order valence-corrected chi connectivity index (χ3v) is 7.52. The molecule has 2 saturated carbocycles. The second-order valence-corrected chi connectivity index (χ2v) is 9.73. The van der Waals surface area contributed by atoms with Crippen LogP contribution in [0.4, 0.5) is 0 Å². The Hall–Kier alpha value is -0.510. The molecule has 26 heavy (non-hydrogen) atoms. The molecule has 0 aromatic rings. The highest BCUT2D eigenvalue weighted by Crippen LogP contribution is 2.42. The van der Waals surface area contributed by atoms with E-state index in [9.17, 15) is 0 Å². The fraction of sp³-hybridized carbons (Fsp3) is 0.960. The molecule has 2 rings (SSSR count). The second kappa shape index (κ2) is 12.8. The van der Waals surface area contributed by atoms with Gasteiger partial charge in [-0.1, -0.05) is 78.1 Å². The van der Waals surface area contributed by atoms with Crippen molar-refractivity contribution in [2.75, 3.05) is 0 Å². The summed E-state index contributed by atoms with van der Waals surface area (Å²) in [5, 5.41) is 0. The van der Waals surface area contributed by atoms with Crippen LogP contribution in [0.2, 0.25) is 0 Å². The molecule has 150 valence electrons. The van der Waals surface area contributed by atoms with E-state index in [0.29, 0.717) is 6.04 Å². The maximum atomic E-state index is 7.22. The quantitative estimate of drug-likeness (QED) is 0.257. The van der Waals surface area contributed by atoms with Gasteiger partial charge >= 0.3 is 0 Å². The van der Waals surface area contributed by atoms with Crippen LogP contribution in [0.3, 0.4) is 0 Å². The summed E-state index contributed by atoms with van der Waals surface area (Å²) in [4.78, 5) is 3.77. The van der Waals surface area contributed by atoms with Crippen LogP contribution in [0.1, 0.15) is 123 Å². The van der Waals surface area contributed by atoms with Crippen molar-refractivity contribution < 1.29 is 0 Å². The van der Waals surface area contributed by atoms with E-state index in [1.807, 2.05) is 0 Å². The van der Waals surface area contributed by atoms with E-state index in [-0.39, 0.29) is 0 Å². The molecule has 0 spiro atoms. The fourth-order valence-corrected chi connectivity index (χ4v) is 5.73. The first-order valence-electron chi connectivity index (χ1n) is 12.1. The number of unbranched alkanes of at least 4 members (excludes halogenated alkanes) is 6. The van der Waals surface area contributed by atoms with Crippen molar-refractivity contribution in [1.29, 1.82) is 0 Å². The van der Waals surface area contributed by atoms with Gasteiger partial charge < -0.3 is 4.85 Å². The summed E-state index contributed by atoms with van der Waals surface area (Å²) in [6.07, 6.45) is 24.1. The number of nitrogens with zero attached hydrogens (tertiary/aromatic N) is 1. The Kier molecular flexibility index (Phi) is 10.7. The molecule has 0 amide bonds. The summed E-state index contributed by atoms with van der Waals surface area (Å²) in [5.41, 5.74) is 0. The third-order valence-electron chi connectivity index (χ3n) is 7.52. The van der Waals surface area contributed by atoms with Crippen LogP contribution in [-0.4, -0.2) is 6.04 Å². The zero-order valence-corrected chi connectivity index (χ0v) is 17.9. The maximum Gasteiger partial charge on any atom is 0.223 e. The van der Waals surface area contributed by atoms with Gasteiger partial charge in [0.25, 0.3) is 0 Å².